The van der Waals surface area contributed by atoms with Crippen molar-refractivity contribution in [1.82, 2.24) is 0 Å². The molecule has 2 nitrogen and oxygen atoms in total. The van der Waals surface area contributed by atoms with Crippen LogP contribution in [0.25, 0.3) is 0 Å². The van der Waals surface area contributed by atoms with E-state index in [1.54, 1.807) is 0 Å². The molecule has 0 heterocycles. The summed E-state index contributed by atoms with van der Waals surface area (Å²) in [5.41, 5.74) is 1.54. The lowest BCUT2D eigenvalue weighted by Crippen LogP contribution is -2.26. The zero-order valence-corrected chi connectivity index (χ0v) is 6.14. The molecule has 0 fully saturated rings. The maximum Gasteiger partial charge on any atom is 0.0674 e. The van der Waals surface area contributed by atoms with Gasteiger partial charge in [-0.15, -0.1) is 0 Å². The molecule has 10 heavy (non-hydrogen) atoms. The zero-order chi connectivity index (χ0) is 7.56. The first kappa shape index (κ1) is 7.32. The molecular weight excluding hydrogens is 128 g/mol. The van der Waals surface area contributed by atoms with Gasteiger partial charge in [0.2, 0.25) is 0 Å². The molecule has 0 aromatic rings. The SMILES string of the molecule is CC1=C(C(=O)[O-])CCCC1. The van der Waals surface area contributed by atoms with Gasteiger partial charge in [0.25, 0.3) is 0 Å². The molecule has 0 saturated heterocycles. The molecule has 0 amide bonds. The predicted octanol–water partition coefficient (Wildman–Crippen LogP) is 0.627. The number of allylic oxidation sites excluding steroid dienone is 1. The van der Waals surface area contributed by atoms with E-state index < -0.39 is 5.97 Å². The molecule has 0 atom stereocenters. The van der Waals surface area contributed by atoms with Gasteiger partial charge in [0.15, 0.2) is 0 Å². The molecule has 56 valence electrons. The molecule has 0 unspecified atom stereocenters. The van der Waals surface area contributed by atoms with Crippen LogP contribution in [0.2, 0.25) is 0 Å². The highest BCUT2D eigenvalue weighted by molar-refractivity contribution is 5.85. The second kappa shape index (κ2) is 2.86. The third-order valence-corrected chi connectivity index (χ3v) is 1.99. The second-order valence-corrected chi connectivity index (χ2v) is 2.75. The summed E-state index contributed by atoms with van der Waals surface area (Å²) in [5.74, 6) is -0.975. The van der Waals surface area contributed by atoms with Crippen LogP contribution in [0.5, 0.6) is 0 Å². The quantitative estimate of drug-likeness (QED) is 0.534. The van der Waals surface area contributed by atoms with Crippen LogP contribution in [0.4, 0.5) is 0 Å². The molecule has 1 rings (SSSR count). The van der Waals surface area contributed by atoms with Crippen molar-refractivity contribution in [3.05, 3.63) is 11.1 Å². The van der Waals surface area contributed by atoms with Gasteiger partial charge in [0.1, 0.15) is 0 Å². The van der Waals surface area contributed by atoms with Crippen molar-refractivity contribution in [2.24, 2.45) is 0 Å². The maximum atomic E-state index is 10.4. The first-order valence-electron chi connectivity index (χ1n) is 3.62. The van der Waals surface area contributed by atoms with E-state index in [4.69, 9.17) is 0 Å². The van der Waals surface area contributed by atoms with Gasteiger partial charge in [-0.05, 0) is 38.2 Å². The number of rotatable bonds is 1. The van der Waals surface area contributed by atoms with Gasteiger partial charge >= 0.3 is 0 Å². The summed E-state index contributed by atoms with van der Waals surface area (Å²) in [6.07, 6.45) is 3.76. The summed E-state index contributed by atoms with van der Waals surface area (Å²) in [5, 5.41) is 10.4. The highest BCUT2D eigenvalue weighted by atomic mass is 16.4. The highest BCUT2D eigenvalue weighted by Crippen LogP contribution is 2.23. The van der Waals surface area contributed by atoms with Crippen molar-refractivity contribution in [2.45, 2.75) is 32.6 Å². The number of hydrogen-bond donors (Lipinski definition) is 0. The fourth-order valence-corrected chi connectivity index (χ4v) is 1.33. The van der Waals surface area contributed by atoms with Crippen LogP contribution in [0, 0.1) is 0 Å². The van der Waals surface area contributed by atoms with E-state index >= 15 is 0 Å². The van der Waals surface area contributed by atoms with Crippen LogP contribution in [-0.2, 0) is 4.79 Å². The van der Waals surface area contributed by atoms with Crippen molar-refractivity contribution in [2.75, 3.05) is 0 Å². The minimum absolute atomic E-state index is 0.534. The topological polar surface area (TPSA) is 40.1 Å². The first-order valence-corrected chi connectivity index (χ1v) is 3.62. The van der Waals surface area contributed by atoms with Crippen molar-refractivity contribution < 1.29 is 9.90 Å². The monoisotopic (exact) mass is 139 g/mol. The standard InChI is InChI=1S/C8H12O2/c1-6-4-2-3-5-7(6)8(9)10/h2-5H2,1H3,(H,9,10)/p-1. The van der Waals surface area contributed by atoms with E-state index in [1.807, 2.05) is 6.92 Å². The molecule has 1 aliphatic rings. The van der Waals surface area contributed by atoms with Crippen molar-refractivity contribution in [1.29, 1.82) is 0 Å². The molecule has 0 aliphatic heterocycles. The van der Waals surface area contributed by atoms with Gasteiger partial charge in [0.05, 0.1) is 5.97 Å². The van der Waals surface area contributed by atoms with Gasteiger partial charge in [-0.3, -0.25) is 0 Å². The molecule has 0 aromatic heterocycles. The van der Waals surface area contributed by atoms with Crippen LogP contribution in [0.1, 0.15) is 32.6 Å². The normalized spacial score (nSPS) is 19.3. The zero-order valence-electron chi connectivity index (χ0n) is 6.14. The van der Waals surface area contributed by atoms with E-state index in [1.165, 1.54) is 0 Å². The number of aliphatic carboxylic acids is 1. The number of carboxylic acids is 1. The summed E-state index contributed by atoms with van der Waals surface area (Å²) in [6.45, 7) is 1.88. The average Bonchev–Trinajstić information content (AvgIpc) is 1.88. The average molecular weight is 139 g/mol. The summed E-state index contributed by atoms with van der Waals surface area (Å²) < 4.78 is 0. The third-order valence-electron chi connectivity index (χ3n) is 1.99. The number of carbonyl (C=O) groups excluding carboxylic acids is 1. The summed E-state index contributed by atoms with van der Waals surface area (Å²) in [6, 6.07) is 0. The number of carboxylic acid groups (broad SMARTS) is 1. The van der Waals surface area contributed by atoms with Crippen molar-refractivity contribution in [3.8, 4) is 0 Å². The van der Waals surface area contributed by atoms with Crippen molar-refractivity contribution in [3.63, 3.8) is 0 Å². The van der Waals surface area contributed by atoms with Gasteiger partial charge in [-0.2, -0.15) is 0 Å². The van der Waals surface area contributed by atoms with Crippen LogP contribution in [0.3, 0.4) is 0 Å². The van der Waals surface area contributed by atoms with E-state index in [0.717, 1.165) is 24.8 Å². The van der Waals surface area contributed by atoms with E-state index in [2.05, 4.69) is 0 Å². The smallest absolute Gasteiger partial charge is 0.0674 e. The Bertz CT molecular complexity index is 180. The largest absolute Gasteiger partial charge is 0.545 e. The maximum absolute atomic E-state index is 10.4. The summed E-state index contributed by atoms with van der Waals surface area (Å²) in [7, 11) is 0. The van der Waals surface area contributed by atoms with Crippen molar-refractivity contribution >= 4 is 5.97 Å². The first-order chi connectivity index (χ1) is 4.72. The Morgan fingerprint density at radius 2 is 2.00 bits per heavy atom. The lowest BCUT2D eigenvalue weighted by Gasteiger charge is -2.17. The number of hydrogen-bond acceptors (Lipinski definition) is 2. The number of carbonyl (C=O) groups is 1. The molecule has 1 aliphatic carbocycles. The molecule has 0 saturated carbocycles. The fraction of sp³-hybridized carbons (Fsp3) is 0.625. The highest BCUT2D eigenvalue weighted by Gasteiger charge is 2.08. The van der Waals surface area contributed by atoms with Gasteiger partial charge in [-0.1, -0.05) is 5.57 Å². The predicted molar refractivity (Wildman–Crippen MR) is 36.2 cm³/mol. The molecule has 0 radical (unpaired) electrons. The third kappa shape index (κ3) is 1.38. The van der Waals surface area contributed by atoms with E-state index in [0.29, 0.717) is 12.0 Å². The second-order valence-electron chi connectivity index (χ2n) is 2.75. The Morgan fingerprint density at radius 1 is 1.40 bits per heavy atom. The Morgan fingerprint density at radius 3 is 2.40 bits per heavy atom. The lowest BCUT2D eigenvalue weighted by atomic mass is 9.93. The van der Waals surface area contributed by atoms with Crippen LogP contribution < -0.4 is 5.11 Å². The molecule has 2 heteroatoms. The lowest BCUT2D eigenvalue weighted by molar-refractivity contribution is -0.299. The molecule has 0 spiro atoms. The van der Waals surface area contributed by atoms with Gasteiger partial charge in [0, 0.05) is 0 Å². The molecule has 0 aromatic carbocycles. The summed E-state index contributed by atoms with van der Waals surface area (Å²) in [4.78, 5) is 10.4. The fourth-order valence-electron chi connectivity index (χ4n) is 1.33. The van der Waals surface area contributed by atoms with Crippen LogP contribution in [-0.4, -0.2) is 5.97 Å². The molecule has 0 bridgehead atoms. The van der Waals surface area contributed by atoms with Gasteiger partial charge in [-0.25, -0.2) is 0 Å². The molecular formula is C8H11O2-. The van der Waals surface area contributed by atoms with Crippen LogP contribution >= 0.6 is 0 Å². The Hall–Kier alpha value is -0.790. The van der Waals surface area contributed by atoms with Gasteiger partial charge < -0.3 is 9.90 Å². The van der Waals surface area contributed by atoms with E-state index in [9.17, 15) is 9.90 Å². The van der Waals surface area contributed by atoms with E-state index in [-0.39, 0.29) is 0 Å². The Kier molecular flexibility index (Phi) is 2.10. The van der Waals surface area contributed by atoms with Crippen LogP contribution in [0.15, 0.2) is 11.1 Å². The molecule has 0 N–H and O–H groups in total. The minimum Gasteiger partial charge on any atom is -0.545 e. The Labute approximate surface area is 60.6 Å². The Balaban J connectivity index is 2.78. The summed E-state index contributed by atoms with van der Waals surface area (Å²) >= 11 is 0. The minimum atomic E-state index is -0.975.